The van der Waals surface area contributed by atoms with E-state index in [1.54, 1.807) is 11.8 Å². The van der Waals surface area contributed by atoms with Crippen LogP contribution in [0.5, 0.6) is 0 Å². The number of rotatable bonds is 2. The van der Waals surface area contributed by atoms with Crippen LogP contribution in [0.2, 0.25) is 0 Å². The molecular weight excluding hydrogens is 252 g/mol. The summed E-state index contributed by atoms with van der Waals surface area (Å²) in [5.74, 6) is 2.86. The summed E-state index contributed by atoms with van der Waals surface area (Å²) in [5, 5.41) is 11.4. The highest BCUT2D eigenvalue weighted by Crippen LogP contribution is 2.61. The molecule has 0 aliphatic heterocycles. The van der Waals surface area contributed by atoms with Gasteiger partial charge in [0.25, 0.3) is 0 Å². The monoisotopic (exact) mass is 274 g/mol. The smallest absolute Gasteiger partial charge is 0.0952 e. The van der Waals surface area contributed by atoms with Gasteiger partial charge in [-0.15, -0.1) is 11.8 Å². The molecular formula is C17H22OS. The molecule has 2 heteroatoms. The predicted octanol–water partition coefficient (Wildman–Crippen LogP) is 4.05. The van der Waals surface area contributed by atoms with Crippen LogP contribution in [-0.4, -0.2) is 11.4 Å². The summed E-state index contributed by atoms with van der Waals surface area (Å²) < 4.78 is 0. The highest BCUT2D eigenvalue weighted by atomic mass is 32.2. The molecule has 4 saturated carbocycles. The molecule has 4 aliphatic rings. The van der Waals surface area contributed by atoms with E-state index < -0.39 is 5.60 Å². The van der Waals surface area contributed by atoms with Crippen molar-refractivity contribution in [2.24, 2.45) is 23.7 Å². The van der Waals surface area contributed by atoms with E-state index in [0.717, 1.165) is 11.8 Å². The molecule has 102 valence electrons. The van der Waals surface area contributed by atoms with Crippen molar-refractivity contribution in [3.63, 3.8) is 0 Å². The van der Waals surface area contributed by atoms with Crippen molar-refractivity contribution in [3.05, 3.63) is 29.8 Å². The SMILES string of the molecule is CSc1ccc(C2(O)C3CC4CC(C3)CC2C4)cc1. The Kier molecular flexibility index (Phi) is 2.75. The number of thioether (sulfide) groups is 1. The lowest BCUT2D eigenvalue weighted by molar-refractivity contribution is -0.179. The van der Waals surface area contributed by atoms with Crippen LogP contribution < -0.4 is 0 Å². The standard InChI is InChI=1S/C17H22OS/c1-19-16-4-2-13(3-5-16)17(18)14-7-11-6-12(9-14)10-15(17)8-11/h2-5,11-12,14-15,18H,6-10H2,1H3. The van der Waals surface area contributed by atoms with Crippen molar-refractivity contribution in [1.29, 1.82) is 0 Å². The molecule has 4 bridgehead atoms. The van der Waals surface area contributed by atoms with Crippen molar-refractivity contribution in [2.75, 3.05) is 6.26 Å². The van der Waals surface area contributed by atoms with Gasteiger partial charge in [-0.3, -0.25) is 0 Å². The second kappa shape index (κ2) is 4.26. The zero-order chi connectivity index (χ0) is 13.0. The van der Waals surface area contributed by atoms with E-state index in [2.05, 4.69) is 30.5 Å². The van der Waals surface area contributed by atoms with E-state index in [-0.39, 0.29) is 0 Å². The third-order valence-electron chi connectivity index (χ3n) is 5.94. The van der Waals surface area contributed by atoms with Crippen LogP contribution in [0.1, 0.15) is 37.7 Å². The molecule has 0 radical (unpaired) electrons. The highest BCUT2D eigenvalue weighted by Gasteiger charge is 2.57. The molecule has 4 aliphatic carbocycles. The molecule has 0 spiro atoms. The maximum atomic E-state index is 11.4. The van der Waals surface area contributed by atoms with Crippen molar-refractivity contribution in [1.82, 2.24) is 0 Å². The van der Waals surface area contributed by atoms with Crippen LogP contribution in [0.3, 0.4) is 0 Å². The fraction of sp³-hybridized carbons (Fsp3) is 0.647. The normalized spacial score (nSPS) is 43.7. The Labute approximate surface area is 119 Å². The van der Waals surface area contributed by atoms with Gasteiger partial charge in [-0.2, -0.15) is 0 Å². The first-order valence-electron chi connectivity index (χ1n) is 7.57. The second-order valence-electron chi connectivity index (χ2n) is 6.86. The van der Waals surface area contributed by atoms with E-state index in [1.165, 1.54) is 42.6 Å². The largest absolute Gasteiger partial charge is 0.385 e. The van der Waals surface area contributed by atoms with Gasteiger partial charge >= 0.3 is 0 Å². The first-order valence-corrected chi connectivity index (χ1v) is 8.79. The first kappa shape index (κ1) is 12.3. The van der Waals surface area contributed by atoms with E-state index in [1.807, 2.05) is 0 Å². The average molecular weight is 274 g/mol. The van der Waals surface area contributed by atoms with Gasteiger partial charge in [0, 0.05) is 4.90 Å². The summed E-state index contributed by atoms with van der Waals surface area (Å²) in [6.07, 6.45) is 8.57. The Morgan fingerprint density at radius 2 is 1.47 bits per heavy atom. The van der Waals surface area contributed by atoms with Crippen LogP contribution in [0, 0.1) is 23.7 Å². The van der Waals surface area contributed by atoms with Crippen LogP contribution >= 0.6 is 11.8 Å². The average Bonchev–Trinajstić information content (AvgIpc) is 2.44. The van der Waals surface area contributed by atoms with Gasteiger partial charge in [0.05, 0.1) is 5.60 Å². The fourth-order valence-corrected chi connectivity index (χ4v) is 5.64. The quantitative estimate of drug-likeness (QED) is 0.821. The molecule has 19 heavy (non-hydrogen) atoms. The lowest BCUT2D eigenvalue weighted by Gasteiger charge is -2.59. The van der Waals surface area contributed by atoms with Gasteiger partial charge in [0.1, 0.15) is 0 Å². The van der Waals surface area contributed by atoms with Gasteiger partial charge < -0.3 is 5.11 Å². The van der Waals surface area contributed by atoms with Crippen LogP contribution in [0.15, 0.2) is 29.2 Å². The Bertz CT molecular complexity index is 451. The molecule has 0 atom stereocenters. The van der Waals surface area contributed by atoms with E-state index in [9.17, 15) is 5.11 Å². The zero-order valence-corrected chi connectivity index (χ0v) is 12.3. The molecule has 1 N–H and O–H groups in total. The van der Waals surface area contributed by atoms with E-state index in [4.69, 9.17) is 0 Å². The molecule has 0 amide bonds. The Morgan fingerprint density at radius 1 is 0.947 bits per heavy atom. The minimum atomic E-state index is -0.523. The predicted molar refractivity (Wildman–Crippen MR) is 79.2 cm³/mol. The summed E-state index contributed by atoms with van der Waals surface area (Å²) in [4.78, 5) is 1.29. The highest BCUT2D eigenvalue weighted by molar-refractivity contribution is 7.98. The third kappa shape index (κ3) is 1.72. The van der Waals surface area contributed by atoms with Gasteiger partial charge in [0.2, 0.25) is 0 Å². The first-order chi connectivity index (χ1) is 9.20. The van der Waals surface area contributed by atoms with Crippen molar-refractivity contribution >= 4 is 11.8 Å². The molecule has 0 saturated heterocycles. The molecule has 0 heterocycles. The summed E-state index contributed by atoms with van der Waals surface area (Å²) in [7, 11) is 0. The van der Waals surface area contributed by atoms with Gasteiger partial charge in [-0.25, -0.2) is 0 Å². The Morgan fingerprint density at radius 3 is 1.95 bits per heavy atom. The maximum Gasteiger partial charge on any atom is 0.0952 e. The number of hydrogen-bond acceptors (Lipinski definition) is 2. The molecule has 1 aromatic rings. The lowest BCUT2D eigenvalue weighted by atomic mass is 9.48. The van der Waals surface area contributed by atoms with Gasteiger partial charge in [-0.1, -0.05) is 12.1 Å². The summed E-state index contributed by atoms with van der Waals surface area (Å²) in [6, 6.07) is 8.69. The third-order valence-corrected chi connectivity index (χ3v) is 6.68. The minimum absolute atomic E-state index is 0.517. The zero-order valence-electron chi connectivity index (χ0n) is 11.5. The van der Waals surface area contributed by atoms with E-state index >= 15 is 0 Å². The van der Waals surface area contributed by atoms with E-state index in [0.29, 0.717) is 11.8 Å². The Hall–Kier alpha value is -0.470. The van der Waals surface area contributed by atoms with Crippen molar-refractivity contribution in [2.45, 2.75) is 42.6 Å². The maximum absolute atomic E-state index is 11.4. The lowest BCUT2D eigenvalue weighted by Crippen LogP contribution is -2.55. The van der Waals surface area contributed by atoms with Gasteiger partial charge in [0.15, 0.2) is 0 Å². The van der Waals surface area contributed by atoms with Crippen LogP contribution in [0.4, 0.5) is 0 Å². The topological polar surface area (TPSA) is 20.2 Å². The van der Waals surface area contributed by atoms with Crippen molar-refractivity contribution < 1.29 is 5.11 Å². The molecule has 1 nitrogen and oxygen atoms in total. The summed E-state index contributed by atoms with van der Waals surface area (Å²) in [5.41, 5.74) is 0.656. The minimum Gasteiger partial charge on any atom is -0.385 e. The Balaban J connectivity index is 1.72. The molecule has 1 aromatic carbocycles. The molecule has 0 unspecified atom stereocenters. The van der Waals surface area contributed by atoms with Crippen LogP contribution in [0.25, 0.3) is 0 Å². The number of aliphatic hydroxyl groups is 1. The molecule has 4 fully saturated rings. The number of benzene rings is 1. The summed E-state index contributed by atoms with van der Waals surface area (Å²) >= 11 is 1.77. The van der Waals surface area contributed by atoms with Crippen molar-refractivity contribution in [3.8, 4) is 0 Å². The second-order valence-corrected chi connectivity index (χ2v) is 7.74. The van der Waals surface area contributed by atoms with Crippen LogP contribution in [-0.2, 0) is 5.60 Å². The fourth-order valence-electron chi connectivity index (χ4n) is 5.23. The molecule has 5 rings (SSSR count). The van der Waals surface area contributed by atoms with Gasteiger partial charge in [-0.05, 0) is 79.7 Å². The number of hydrogen-bond donors (Lipinski definition) is 1. The summed E-state index contributed by atoms with van der Waals surface area (Å²) in [6.45, 7) is 0. The molecule has 0 aromatic heterocycles.